The molecule has 0 fully saturated rings. The van der Waals surface area contributed by atoms with Crippen LogP contribution in [0, 0.1) is 6.92 Å². The highest BCUT2D eigenvalue weighted by Crippen LogP contribution is 2.20. The number of likely N-dealkylation sites (N-methyl/N-ethyl adjacent to an activating group) is 1. The van der Waals surface area contributed by atoms with E-state index in [1.54, 1.807) is 12.5 Å². The van der Waals surface area contributed by atoms with Crippen LogP contribution in [0.25, 0.3) is 16.9 Å². The van der Waals surface area contributed by atoms with Crippen molar-refractivity contribution < 1.29 is 4.79 Å². The van der Waals surface area contributed by atoms with Gasteiger partial charge < -0.3 is 10.2 Å². The molecule has 0 aliphatic carbocycles. The molecular formula is C18H21N5O. The van der Waals surface area contributed by atoms with E-state index < -0.39 is 0 Å². The van der Waals surface area contributed by atoms with Crippen LogP contribution in [0.3, 0.4) is 0 Å². The fourth-order valence-corrected chi connectivity index (χ4v) is 2.53. The maximum Gasteiger partial charge on any atom is 0.251 e. The van der Waals surface area contributed by atoms with Gasteiger partial charge in [0, 0.05) is 24.8 Å². The Morgan fingerprint density at radius 2 is 2.08 bits per heavy atom. The van der Waals surface area contributed by atoms with Gasteiger partial charge in [0.15, 0.2) is 5.65 Å². The first-order valence-electron chi connectivity index (χ1n) is 7.88. The van der Waals surface area contributed by atoms with Gasteiger partial charge in [0.1, 0.15) is 11.8 Å². The molecule has 0 aliphatic rings. The second kappa shape index (κ2) is 6.80. The Balaban J connectivity index is 1.91. The van der Waals surface area contributed by atoms with Crippen LogP contribution in [-0.2, 0) is 0 Å². The number of hydrogen-bond acceptors (Lipinski definition) is 4. The number of amides is 1. The molecule has 0 radical (unpaired) electrons. The summed E-state index contributed by atoms with van der Waals surface area (Å²) in [6, 6.07) is 9.46. The Kier molecular flexibility index (Phi) is 4.57. The SMILES string of the molecule is Cc1ccc(C(=O)NCCN(C)C)cc1-n1cnc2cccnc21. The molecule has 0 bridgehead atoms. The number of benzene rings is 1. The maximum absolute atomic E-state index is 12.4. The predicted molar refractivity (Wildman–Crippen MR) is 94.5 cm³/mol. The zero-order chi connectivity index (χ0) is 17.1. The van der Waals surface area contributed by atoms with Gasteiger partial charge in [-0.25, -0.2) is 9.97 Å². The Hall–Kier alpha value is -2.73. The van der Waals surface area contributed by atoms with Crippen molar-refractivity contribution in [1.29, 1.82) is 0 Å². The molecule has 2 aromatic heterocycles. The van der Waals surface area contributed by atoms with Gasteiger partial charge in [0.2, 0.25) is 0 Å². The summed E-state index contributed by atoms with van der Waals surface area (Å²) in [5.41, 5.74) is 4.22. The van der Waals surface area contributed by atoms with Crippen LogP contribution in [0.4, 0.5) is 0 Å². The topological polar surface area (TPSA) is 63.1 Å². The number of aryl methyl sites for hydroxylation is 1. The van der Waals surface area contributed by atoms with Crippen LogP contribution >= 0.6 is 0 Å². The van der Waals surface area contributed by atoms with Crippen molar-refractivity contribution in [1.82, 2.24) is 24.8 Å². The van der Waals surface area contributed by atoms with Crippen molar-refractivity contribution in [3.63, 3.8) is 0 Å². The monoisotopic (exact) mass is 323 g/mol. The summed E-state index contributed by atoms with van der Waals surface area (Å²) in [6.45, 7) is 3.43. The molecule has 1 aromatic carbocycles. The second-order valence-electron chi connectivity index (χ2n) is 6.02. The van der Waals surface area contributed by atoms with Crippen molar-refractivity contribution in [2.75, 3.05) is 27.2 Å². The number of rotatable bonds is 5. The van der Waals surface area contributed by atoms with Gasteiger partial charge in [-0.15, -0.1) is 0 Å². The number of pyridine rings is 1. The first kappa shape index (κ1) is 16.1. The number of aromatic nitrogens is 3. The van der Waals surface area contributed by atoms with Crippen molar-refractivity contribution in [3.8, 4) is 5.69 Å². The number of carbonyl (C=O) groups excluding carboxylic acids is 1. The van der Waals surface area contributed by atoms with E-state index in [9.17, 15) is 4.79 Å². The number of imidazole rings is 1. The lowest BCUT2D eigenvalue weighted by atomic mass is 10.1. The van der Waals surface area contributed by atoms with Crippen molar-refractivity contribution >= 4 is 17.1 Å². The quantitative estimate of drug-likeness (QED) is 0.780. The summed E-state index contributed by atoms with van der Waals surface area (Å²) < 4.78 is 1.92. The van der Waals surface area contributed by atoms with Gasteiger partial charge >= 0.3 is 0 Å². The molecule has 2 heterocycles. The molecule has 0 unspecified atom stereocenters. The minimum Gasteiger partial charge on any atom is -0.351 e. The molecule has 0 aliphatic heterocycles. The largest absolute Gasteiger partial charge is 0.351 e. The zero-order valence-electron chi connectivity index (χ0n) is 14.2. The molecule has 124 valence electrons. The van der Waals surface area contributed by atoms with Gasteiger partial charge in [0.05, 0.1) is 5.69 Å². The molecule has 24 heavy (non-hydrogen) atoms. The molecule has 0 atom stereocenters. The summed E-state index contributed by atoms with van der Waals surface area (Å²) >= 11 is 0. The molecule has 0 saturated heterocycles. The van der Waals surface area contributed by atoms with Crippen LogP contribution in [-0.4, -0.2) is 52.5 Å². The molecule has 6 heteroatoms. The molecule has 3 rings (SSSR count). The highest BCUT2D eigenvalue weighted by molar-refractivity contribution is 5.95. The first-order chi connectivity index (χ1) is 11.6. The van der Waals surface area contributed by atoms with E-state index >= 15 is 0 Å². The molecule has 1 N–H and O–H groups in total. The summed E-state index contributed by atoms with van der Waals surface area (Å²) in [5.74, 6) is -0.0736. The number of fused-ring (bicyclic) bond motifs is 1. The maximum atomic E-state index is 12.4. The minimum absolute atomic E-state index is 0.0736. The molecule has 0 saturated carbocycles. The highest BCUT2D eigenvalue weighted by atomic mass is 16.1. The number of nitrogens with one attached hydrogen (secondary N) is 1. The Morgan fingerprint density at radius 3 is 2.88 bits per heavy atom. The molecule has 3 aromatic rings. The van der Waals surface area contributed by atoms with Crippen LogP contribution in [0.5, 0.6) is 0 Å². The molecule has 6 nitrogen and oxygen atoms in total. The van der Waals surface area contributed by atoms with Crippen LogP contribution < -0.4 is 5.32 Å². The van der Waals surface area contributed by atoms with Crippen LogP contribution in [0.1, 0.15) is 15.9 Å². The van der Waals surface area contributed by atoms with E-state index in [0.29, 0.717) is 12.1 Å². The lowest BCUT2D eigenvalue weighted by molar-refractivity contribution is 0.0951. The van der Waals surface area contributed by atoms with E-state index in [1.165, 1.54) is 0 Å². The normalized spacial score (nSPS) is 11.2. The summed E-state index contributed by atoms with van der Waals surface area (Å²) in [7, 11) is 3.96. The standard InChI is InChI=1S/C18H21N5O/c1-13-6-7-14(18(24)20-9-10-22(2)3)11-16(13)23-12-21-15-5-4-8-19-17(15)23/h4-8,11-12H,9-10H2,1-3H3,(H,20,24). The summed E-state index contributed by atoms with van der Waals surface area (Å²) in [5, 5.41) is 2.94. The fourth-order valence-electron chi connectivity index (χ4n) is 2.53. The van der Waals surface area contributed by atoms with Gasteiger partial charge in [0.25, 0.3) is 5.91 Å². The Bertz CT molecular complexity index is 869. The fraction of sp³-hybridized carbons (Fsp3) is 0.278. The molecular weight excluding hydrogens is 302 g/mol. The average Bonchev–Trinajstić information content (AvgIpc) is 2.99. The van der Waals surface area contributed by atoms with Crippen molar-refractivity contribution in [3.05, 3.63) is 54.0 Å². The van der Waals surface area contributed by atoms with Gasteiger partial charge in [-0.3, -0.25) is 9.36 Å². The third kappa shape index (κ3) is 3.28. The summed E-state index contributed by atoms with van der Waals surface area (Å²) in [4.78, 5) is 23.2. The summed E-state index contributed by atoms with van der Waals surface area (Å²) in [6.07, 6.45) is 3.49. The third-order valence-corrected chi connectivity index (χ3v) is 3.88. The minimum atomic E-state index is -0.0736. The lowest BCUT2D eigenvalue weighted by Crippen LogP contribution is -2.31. The van der Waals surface area contributed by atoms with Gasteiger partial charge in [-0.05, 0) is 50.8 Å². The third-order valence-electron chi connectivity index (χ3n) is 3.88. The second-order valence-corrected chi connectivity index (χ2v) is 6.02. The lowest BCUT2D eigenvalue weighted by Gasteiger charge is -2.12. The van der Waals surface area contributed by atoms with Crippen LogP contribution in [0.15, 0.2) is 42.9 Å². The van der Waals surface area contributed by atoms with E-state index in [-0.39, 0.29) is 5.91 Å². The average molecular weight is 323 g/mol. The zero-order valence-corrected chi connectivity index (χ0v) is 14.2. The highest BCUT2D eigenvalue weighted by Gasteiger charge is 2.12. The van der Waals surface area contributed by atoms with Crippen molar-refractivity contribution in [2.24, 2.45) is 0 Å². The Labute approximate surface area is 141 Å². The van der Waals surface area contributed by atoms with E-state index in [4.69, 9.17) is 0 Å². The van der Waals surface area contributed by atoms with E-state index in [1.807, 2.05) is 60.8 Å². The first-order valence-corrected chi connectivity index (χ1v) is 7.88. The van der Waals surface area contributed by atoms with E-state index in [2.05, 4.69) is 15.3 Å². The number of hydrogen-bond donors (Lipinski definition) is 1. The van der Waals surface area contributed by atoms with Crippen LogP contribution in [0.2, 0.25) is 0 Å². The van der Waals surface area contributed by atoms with Crippen molar-refractivity contribution in [2.45, 2.75) is 6.92 Å². The number of carbonyl (C=O) groups is 1. The smallest absolute Gasteiger partial charge is 0.251 e. The van der Waals surface area contributed by atoms with Gasteiger partial charge in [-0.2, -0.15) is 0 Å². The Morgan fingerprint density at radius 1 is 1.25 bits per heavy atom. The van der Waals surface area contributed by atoms with E-state index in [0.717, 1.165) is 29.0 Å². The molecule has 1 amide bonds. The van der Waals surface area contributed by atoms with Gasteiger partial charge in [-0.1, -0.05) is 6.07 Å². The predicted octanol–water partition coefficient (Wildman–Crippen LogP) is 2.02. The number of nitrogens with zero attached hydrogens (tertiary/aromatic N) is 4. The molecule has 0 spiro atoms.